The van der Waals surface area contributed by atoms with Crippen LogP contribution in [0.2, 0.25) is 0 Å². The molecule has 0 atom stereocenters. The van der Waals surface area contributed by atoms with Gasteiger partial charge in [-0.2, -0.15) is 13.2 Å². The zero-order chi connectivity index (χ0) is 23.2. The minimum absolute atomic E-state index is 0.0528. The predicted molar refractivity (Wildman–Crippen MR) is 118 cm³/mol. The van der Waals surface area contributed by atoms with Gasteiger partial charge in [-0.25, -0.2) is 0 Å². The Morgan fingerprint density at radius 1 is 1.00 bits per heavy atom. The lowest BCUT2D eigenvalue weighted by Gasteiger charge is -2.15. The van der Waals surface area contributed by atoms with E-state index in [1.54, 1.807) is 31.5 Å². The smallest absolute Gasteiger partial charge is 0.374 e. The maximum atomic E-state index is 14.2. The van der Waals surface area contributed by atoms with Crippen LogP contribution in [0, 0.1) is 6.92 Å². The number of halogens is 3. The summed E-state index contributed by atoms with van der Waals surface area (Å²) in [4.78, 5) is 4.33. The van der Waals surface area contributed by atoms with Crippen LogP contribution in [0.15, 0.2) is 61.1 Å². The zero-order valence-corrected chi connectivity index (χ0v) is 18.0. The summed E-state index contributed by atoms with van der Waals surface area (Å²) in [6, 6.07) is 12.5. The fraction of sp³-hybridized carbons (Fsp3) is 0.208. The Morgan fingerprint density at radius 2 is 1.85 bits per heavy atom. The largest absolute Gasteiger partial charge is 0.420 e. The van der Waals surface area contributed by atoms with Gasteiger partial charge >= 0.3 is 6.18 Å². The number of fused-ring (bicyclic) bond motifs is 2. The van der Waals surface area contributed by atoms with Gasteiger partial charge in [0.1, 0.15) is 12.2 Å². The first-order valence-electron chi connectivity index (χ1n) is 10.4. The Kier molecular flexibility index (Phi) is 5.13. The topological polar surface area (TPSA) is 57.2 Å². The monoisotopic (exact) mass is 451 g/mol. The molecule has 6 nitrogen and oxygen atoms in total. The molecular weight excluding hydrogens is 431 g/mol. The maximum Gasteiger partial charge on any atom is 0.420 e. The number of benzene rings is 1. The molecule has 9 heteroatoms. The Bertz CT molecular complexity index is 1450. The number of hydrogen-bond donors (Lipinski definition) is 0. The molecule has 0 radical (unpaired) electrons. The van der Waals surface area contributed by atoms with Crippen molar-refractivity contribution in [3.8, 4) is 16.8 Å². The van der Waals surface area contributed by atoms with Crippen LogP contribution in [-0.4, -0.2) is 30.8 Å². The van der Waals surface area contributed by atoms with Crippen molar-refractivity contribution in [1.82, 2.24) is 24.1 Å². The van der Waals surface area contributed by atoms with E-state index in [1.165, 1.54) is 10.5 Å². The second-order valence-electron chi connectivity index (χ2n) is 7.67. The molecule has 0 saturated heterocycles. The molecular formula is C24H20F3N5O. The molecule has 5 rings (SSSR count). The van der Waals surface area contributed by atoms with E-state index in [9.17, 15) is 13.2 Å². The third-order valence-electron chi connectivity index (χ3n) is 5.54. The normalized spacial score (nSPS) is 12.2. The highest BCUT2D eigenvalue weighted by Crippen LogP contribution is 2.40. The molecule has 33 heavy (non-hydrogen) atoms. The van der Waals surface area contributed by atoms with Crippen LogP contribution in [-0.2, 0) is 17.5 Å². The van der Waals surface area contributed by atoms with Gasteiger partial charge < -0.3 is 9.30 Å². The molecule has 0 spiro atoms. The quantitative estimate of drug-likeness (QED) is 0.349. The fourth-order valence-electron chi connectivity index (χ4n) is 3.95. The minimum atomic E-state index is -4.61. The third-order valence-corrected chi connectivity index (χ3v) is 5.54. The summed E-state index contributed by atoms with van der Waals surface area (Å²) < 4.78 is 51.1. The Labute approximate surface area is 187 Å². The van der Waals surface area contributed by atoms with Gasteiger partial charge in [-0.1, -0.05) is 6.07 Å². The van der Waals surface area contributed by atoms with E-state index in [1.807, 2.05) is 42.0 Å². The molecule has 0 saturated carbocycles. The number of alkyl halides is 3. The standard InChI is InChI=1S/C24H20F3N5O/c1-3-33-14-21-29-30-23-22(24(25,26)27)19(9-11-32(21)23)16-5-7-20-17(12-16)8-10-31(20)18-6-4-15(2)28-13-18/h4-13H,3,14H2,1-2H3. The molecule has 0 fully saturated rings. The van der Waals surface area contributed by atoms with E-state index in [2.05, 4.69) is 15.2 Å². The molecule has 5 aromatic rings. The molecule has 4 aromatic heterocycles. The lowest BCUT2D eigenvalue weighted by atomic mass is 9.99. The van der Waals surface area contributed by atoms with Gasteiger partial charge in [0.2, 0.25) is 0 Å². The predicted octanol–water partition coefficient (Wildman–Crippen LogP) is 5.60. The minimum Gasteiger partial charge on any atom is -0.374 e. The first-order chi connectivity index (χ1) is 15.9. The van der Waals surface area contributed by atoms with Gasteiger partial charge in [-0.15, -0.1) is 10.2 Å². The molecule has 0 N–H and O–H groups in total. The molecule has 1 aromatic carbocycles. The van der Waals surface area contributed by atoms with Crippen molar-refractivity contribution >= 4 is 16.6 Å². The summed E-state index contributed by atoms with van der Waals surface area (Å²) in [5.74, 6) is 0.322. The van der Waals surface area contributed by atoms with Gasteiger partial charge in [-0.05, 0) is 61.4 Å². The van der Waals surface area contributed by atoms with Crippen molar-refractivity contribution < 1.29 is 17.9 Å². The summed E-state index contributed by atoms with van der Waals surface area (Å²) in [5.41, 5.74) is 2.11. The lowest BCUT2D eigenvalue weighted by Crippen LogP contribution is -2.11. The van der Waals surface area contributed by atoms with Crippen LogP contribution >= 0.6 is 0 Å². The number of hydrogen-bond acceptors (Lipinski definition) is 4. The van der Waals surface area contributed by atoms with Crippen molar-refractivity contribution in [3.05, 3.63) is 78.1 Å². The Morgan fingerprint density at radius 3 is 2.58 bits per heavy atom. The molecule has 0 unspecified atom stereocenters. The summed E-state index contributed by atoms with van der Waals surface area (Å²) >= 11 is 0. The average molecular weight is 451 g/mol. The van der Waals surface area contributed by atoms with Crippen LogP contribution in [0.25, 0.3) is 33.4 Å². The first kappa shape index (κ1) is 21.1. The van der Waals surface area contributed by atoms with E-state index in [-0.39, 0.29) is 17.8 Å². The van der Waals surface area contributed by atoms with E-state index in [0.29, 0.717) is 18.0 Å². The Balaban J connectivity index is 1.64. The van der Waals surface area contributed by atoms with Gasteiger partial charge in [0.25, 0.3) is 0 Å². The highest BCUT2D eigenvalue weighted by atomic mass is 19.4. The summed E-state index contributed by atoms with van der Waals surface area (Å²) in [5, 5.41) is 8.57. The Hall–Kier alpha value is -3.72. The lowest BCUT2D eigenvalue weighted by molar-refractivity contribution is -0.136. The average Bonchev–Trinajstić information content (AvgIpc) is 3.40. The highest BCUT2D eigenvalue weighted by Gasteiger charge is 2.38. The molecule has 0 aliphatic heterocycles. The van der Waals surface area contributed by atoms with Crippen LogP contribution in [0.1, 0.15) is 24.0 Å². The van der Waals surface area contributed by atoms with E-state index >= 15 is 0 Å². The highest BCUT2D eigenvalue weighted by molar-refractivity contribution is 5.88. The van der Waals surface area contributed by atoms with Crippen molar-refractivity contribution in [3.63, 3.8) is 0 Å². The SMILES string of the molecule is CCOCc1nnc2c(C(F)(F)F)c(-c3ccc4c(ccn4-c4ccc(C)nc4)c3)ccn12. The number of pyridine rings is 2. The zero-order valence-electron chi connectivity index (χ0n) is 18.0. The van der Waals surface area contributed by atoms with Gasteiger partial charge in [0.05, 0.1) is 17.4 Å². The summed E-state index contributed by atoms with van der Waals surface area (Å²) in [6.07, 6.45) is 0.598. The van der Waals surface area contributed by atoms with Crippen LogP contribution in [0.4, 0.5) is 13.2 Å². The second kappa shape index (κ2) is 8.00. The van der Waals surface area contributed by atoms with Crippen molar-refractivity contribution in [2.24, 2.45) is 0 Å². The number of nitrogens with zero attached hydrogens (tertiary/aromatic N) is 5. The third kappa shape index (κ3) is 3.74. The van der Waals surface area contributed by atoms with Crippen LogP contribution in [0.3, 0.4) is 0 Å². The molecule has 168 valence electrons. The van der Waals surface area contributed by atoms with Crippen molar-refractivity contribution in [2.45, 2.75) is 26.6 Å². The maximum absolute atomic E-state index is 14.2. The van der Waals surface area contributed by atoms with E-state index < -0.39 is 11.7 Å². The van der Waals surface area contributed by atoms with Crippen LogP contribution < -0.4 is 0 Å². The number of aromatic nitrogens is 5. The van der Waals surface area contributed by atoms with Crippen LogP contribution in [0.5, 0.6) is 0 Å². The fourth-order valence-corrected chi connectivity index (χ4v) is 3.95. The van der Waals surface area contributed by atoms with Crippen molar-refractivity contribution in [2.75, 3.05) is 6.61 Å². The molecule has 4 heterocycles. The summed E-state index contributed by atoms with van der Waals surface area (Å²) in [6.45, 7) is 4.23. The second-order valence-corrected chi connectivity index (χ2v) is 7.67. The molecule has 0 aliphatic rings. The van der Waals surface area contributed by atoms with Crippen molar-refractivity contribution in [1.29, 1.82) is 0 Å². The van der Waals surface area contributed by atoms with E-state index in [0.717, 1.165) is 22.3 Å². The van der Waals surface area contributed by atoms with E-state index in [4.69, 9.17) is 4.74 Å². The first-order valence-corrected chi connectivity index (χ1v) is 10.4. The van der Waals surface area contributed by atoms with Gasteiger partial charge in [0, 0.05) is 30.1 Å². The van der Waals surface area contributed by atoms with Gasteiger partial charge in [0.15, 0.2) is 11.5 Å². The molecule has 0 amide bonds. The number of aryl methyl sites for hydroxylation is 1. The number of rotatable bonds is 5. The summed E-state index contributed by atoms with van der Waals surface area (Å²) in [7, 11) is 0. The number of ether oxygens (including phenoxy) is 1. The molecule has 0 aliphatic carbocycles. The van der Waals surface area contributed by atoms with Gasteiger partial charge in [-0.3, -0.25) is 9.38 Å². The molecule has 0 bridgehead atoms.